The molecular formula is C25H49N2O+. The monoisotopic (exact) mass is 393 g/mol. The fourth-order valence-electron chi connectivity index (χ4n) is 4.45. The first-order chi connectivity index (χ1) is 13.8. The Balaban J connectivity index is 1.89. The molecule has 1 N–H and O–H groups in total. The van der Waals surface area contributed by atoms with Crippen LogP contribution in [0.25, 0.3) is 0 Å². The minimum atomic E-state index is 0.280. The number of rotatable bonds is 19. The zero-order chi connectivity index (χ0) is 20.3. The van der Waals surface area contributed by atoms with Gasteiger partial charge in [-0.15, -0.1) is 0 Å². The average molecular weight is 394 g/mol. The third-order valence-electron chi connectivity index (χ3n) is 6.50. The van der Waals surface area contributed by atoms with Crippen LogP contribution in [0.5, 0.6) is 0 Å². The summed E-state index contributed by atoms with van der Waals surface area (Å²) >= 11 is 0. The molecule has 1 aliphatic heterocycles. The second-order valence-corrected chi connectivity index (χ2v) is 8.70. The van der Waals surface area contributed by atoms with E-state index in [-0.39, 0.29) is 6.61 Å². The molecule has 0 aromatic rings. The van der Waals surface area contributed by atoms with Gasteiger partial charge in [0.25, 0.3) is 0 Å². The lowest BCUT2D eigenvalue weighted by Gasteiger charge is -2.37. The zero-order valence-electron chi connectivity index (χ0n) is 19.1. The topological polar surface area (TPSA) is 32.6 Å². The fourth-order valence-corrected chi connectivity index (χ4v) is 4.45. The highest BCUT2D eigenvalue weighted by atomic mass is 16.3. The van der Waals surface area contributed by atoms with Crippen molar-refractivity contribution in [3.05, 3.63) is 12.2 Å². The molecule has 2 unspecified atom stereocenters. The third kappa shape index (κ3) is 10.8. The molecule has 164 valence electrons. The molecule has 0 fully saturated rings. The first-order valence-corrected chi connectivity index (χ1v) is 12.4. The predicted molar refractivity (Wildman–Crippen MR) is 124 cm³/mol. The molecule has 0 saturated heterocycles. The molecule has 0 aliphatic carbocycles. The Morgan fingerprint density at radius 1 is 0.857 bits per heavy atom. The second-order valence-electron chi connectivity index (χ2n) is 8.70. The predicted octanol–water partition coefficient (Wildman–Crippen LogP) is 6.65. The number of aliphatic hydroxyl groups excluding tert-OH is 1. The van der Waals surface area contributed by atoms with Gasteiger partial charge < -0.3 is 5.11 Å². The van der Waals surface area contributed by atoms with E-state index in [1.807, 2.05) is 0 Å². The van der Waals surface area contributed by atoms with Gasteiger partial charge in [0.15, 0.2) is 6.17 Å². The van der Waals surface area contributed by atoms with Crippen molar-refractivity contribution in [2.75, 3.05) is 26.2 Å². The molecule has 0 saturated carbocycles. The van der Waals surface area contributed by atoms with Crippen molar-refractivity contribution in [2.45, 2.75) is 116 Å². The van der Waals surface area contributed by atoms with E-state index < -0.39 is 0 Å². The molecule has 1 aliphatic rings. The summed E-state index contributed by atoms with van der Waals surface area (Å²) in [6, 6.07) is 0. The van der Waals surface area contributed by atoms with Gasteiger partial charge in [0.2, 0.25) is 0 Å². The minimum absolute atomic E-state index is 0.280. The minimum Gasteiger partial charge on any atom is -0.391 e. The Morgan fingerprint density at radius 3 is 2.00 bits per heavy atom. The average Bonchev–Trinajstić information content (AvgIpc) is 3.11. The molecule has 1 rings (SSSR count). The Bertz CT molecular complexity index is 407. The molecule has 0 spiro atoms. The molecule has 0 bridgehead atoms. The summed E-state index contributed by atoms with van der Waals surface area (Å²) in [5.41, 5.74) is 0. The lowest BCUT2D eigenvalue weighted by atomic mass is 10.0. The lowest BCUT2D eigenvalue weighted by molar-refractivity contribution is -0.936. The van der Waals surface area contributed by atoms with Crippen LogP contribution in [0.4, 0.5) is 0 Å². The summed E-state index contributed by atoms with van der Waals surface area (Å²) in [6.07, 6.45) is 27.5. The van der Waals surface area contributed by atoms with Crippen molar-refractivity contribution in [3.63, 3.8) is 0 Å². The van der Waals surface area contributed by atoms with Gasteiger partial charge >= 0.3 is 0 Å². The Morgan fingerprint density at radius 2 is 1.43 bits per heavy atom. The van der Waals surface area contributed by atoms with Crippen molar-refractivity contribution in [3.8, 4) is 0 Å². The van der Waals surface area contributed by atoms with Crippen molar-refractivity contribution in [1.29, 1.82) is 0 Å². The van der Waals surface area contributed by atoms with Gasteiger partial charge in [0.1, 0.15) is 13.1 Å². The van der Waals surface area contributed by atoms with E-state index >= 15 is 0 Å². The number of hydrogen-bond acceptors (Lipinski definition) is 2. The van der Waals surface area contributed by atoms with Gasteiger partial charge in [-0.2, -0.15) is 0 Å². The summed E-state index contributed by atoms with van der Waals surface area (Å²) in [5, 5.41) is 9.38. The van der Waals surface area contributed by atoms with Crippen LogP contribution < -0.4 is 0 Å². The number of allylic oxidation sites excluding steroid dienone is 2. The summed E-state index contributed by atoms with van der Waals surface area (Å²) in [5.74, 6) is 0. The Labute approximate surface area is 175 Å². The first-order valence-electron chi connectivity index (χ1n) is 12.4. The molecular weight excluding hydrogens is 344 g/mol. The lowest BCUT2D eigenvalue weighted by Crippen LogP contribution is -2.53. The van der Waals surface area contributed by atoms with Crippen LogP contribution in [0.3, 0.4) is 0 Å². The van der Waals surface area contributed by atoms with Gasteiger partial charge in [-0.3, -0.25) is 4.48 Å². The first kappa shape index (κ1) is 25.4. The molecule has 0 radical (unpaired) electrons. The van der Waals surface area contributed by atoms with Crippen LogP contribution in [0.2, 0.25) is 0 Å². The maximum absolute atomic E-state index is 9.38. The van der Waals surface area contributed by atoms with Gasteiger partial charge in [-0.05, 0) is 39.0 Å². The van der Waals surface area contributed by atoms with E-state index in [1.54, 1.807) is 0 Å². The quantitative estimate of drug-likeness (QED) is 0.149. The van der Waals surface area contributed by atoms with Crippen LogP contribution in [-0.2, 0) is 0 Å². The van der Waals surface area contributed by atoms with Crippen LogP contribution in [0, 0.1) is 0 Å². The number of aliphatic hydroxyl groups is 1. The maximum Gasteiger partial charge on any atom is 0.182 e. The van der Waals surface area contributed by atoms with E-state index in [0.29, 0.717) is 6.17 Å². The van der Waals surface area contributed by atoms with Crippen molar-refractivity contribution < 1.29 is 9.59 Å². The van der Waals surface area contributed by atoms with Crippen LogP contribution in [0.15, 0.2) is 17.1 Å². The second kappa shape index (κ2) is 17.2. The van der Waals surface area contributed by atoms with E-state index in [1.165, 1.54) is 96.3 Å². The maximum atomic E-state index is 9.38. The molecule has 3 nitrogen and oxygen atoms in total. The van der Waals surface area contributed by atoms with E-state index in [2.05, 4.69) is 32.2 Å². The summed E-state index contributed by atoms with van der Waals surface area (Å²) in [7, 11) is 0. The fraction of sp³-hybridized carbons (Fsp3) is 0.880. The van der Waals surface area contributed by atoms with Gasteiger partial charge in [-0.1, -0.05) is 76.9 Å². The molecule has 28 heavy (non-hydrogen) atoms. The van der Waals surface area contributed by atoms with Crippen molar-refractivity contribution in [2.24, 2.45) is 4.99 Å². The molecule has 2 atom stereocenters. The van der Waals surface area contributed by atoms with E-state index in [4.69, 9.17) is 4.99 Å². The molecule has 3 heteroatoms. The number of quaternary nitrogens is 1. The van der Waals surface area contributed by atoms with Gasteiger partial charge in [0.05, 0.1) is 19.4 Å². The highest BCUT2D eigenvalue weighted by Crippen LogP contribution is 2.24. The Hall–Kier alpha value is -0.670. The molecule has 0 amide bonds. The summed E-state index contributed by atoms with van der Waals surface area (Å²) in [4.78, 5) is 4.72. The number of aliphatic imine (C=N–C) groups is 1. The summed E-state index contributed by atoms with van der Waals surface area (Å²) < 4.78 is 0.976. The van der Waals surface area contributed by atoms with E-state index in [9.17, 15) is 5.11 Å². The molecule has 1 heterocycles. The van der Waals surface area contributed by atoms with E-state index in [0.717, 1.165) is 24.1 Å². The number of nitrogens with zero attached hydrogens (tertiary/aromatic N) is 2. The number of likely N-dealkylation sites (N-methyl/N-ethyl adjacent to an activating group) is 1. The highest BCUT2D eigenvalue weighted by Gasteiger charge is 2.36. The number of hydrogen-bond donors (Lipinski definition) is 1. The molecule has 0 aromatic carbocycles. The van der Waals surface area contributed by atoms with Gasteiger partial charge in [-0.25, -0.2) is 4.99 Å². The van der Waals surface area contributed by atoms with Crippen molar-refractivity contribution >= 4 is 6.21 Å². The largest absolute Gasteiger partial charge is 0.391 e. The van der Waals surface area contributed by atoms with Crippen molar-refractivity contribution in [1.82, 2.24) is 0 Å². The highest BCUT2D eigenvalue weighted by molar-refractivity contribution is 5.60. The van der Waals surface area contributed by atoms with Crippen LogP contribution in [0.1, 0.15) is 110 Å². The van der Waals surface area contributed by atoms with Crippen LogP contribution >= 0.6 is 0 Å². The van der Waals surface area contributed by atoms with Gasteiger partial charge in [0, 0.05) is 6.42 Å². The number of unbranched alkanes of at least 4 members (excludes halogenated alkanes) is 12. The molecule has 0 aromatic heterocycles. The zero-order valence-corrected chi connectivity index (χ0v) is 19.1. The standard InChI is InChI=1S/C25H49N2O/c1-3-5-6-7-8-9-10-11-12-13-14-15-16-17-18-19-20-25-26-21-22-27(25,4-2)23-24-28/h9-10,21,25,28H,3-8,11-20,22-24H2,1-2H3/q+1/b10-9+. The normalized spacial score (nSPS) is 21.9. The van der Waals surface area contributed by atoms with Crippen LogP contribution in [-0.4, -0.2) is 48.2 Å². The Kier molecular flexibility index (Phi) is 15.6. The third-order valence-corrected chi connectivity index (χ3v) is 6.50. The SMILES string of the molecule is CCCCCC/C=C/CCCCCCCCCCC1N=CC[N+]1(CC)CCO. The summed E-state index contributed by atoms with van der Waals surface area (Å²) in [6.45, 7) is 7.74. The smallest absolute Gasteiger partial charge is 0.182 e.